The summed E-state index contributed by atoms with van der Waals surface area (Å²) in [5, 5.41) is 10.1. The predicted molar refractivity (Wildman–Crippen MR) is 62.1 cm³/mol. The van der Waals surface area contributed by atoms with E-state index in [1.807, 2.05) is 6.92 Å². The number of hydrogen-bond donors (Lipinski definition) is 0. The van der Waals surface area contributed by atoms with E-state index in [1.54, 1.807) is 0 Å². The molecule has 0 N–H and O–H groups in total. The molecule has 0 spiro atoms. The van der Waals surface area contributed by atoms with Gasteiger partial charge < -0.3 is 0 Å². The average Bonchev–Trinajstić information content (AvgIpc) is 2.12. The molecule has 0 heterocycles. The molecule has 1 aromatic carbocycles. The SMILES string of the molecule is Cc1cc(C)c(Cl)c(C2(C#N)CCC2)c1. The lowest BCUT2D eigenvalue weighted by atomic mass is 9.65. The average molecular weight is 220 g/mol. The molecule has 2 heteroatoms. The first-order valence-corrected chi connectivity index (χ1v) is 5.65. The van der Waals surface area contributed by atoms with Crippen molar-refractivity contribution < 1.29 is 0 Å². The Bertz CT molecular complexity index is 439. The molecule has 78 valence electrons. The molecular weight excluding hydrogens is 206 g/mol. The third-order valence-corrected chi connectivity index (χ3v) is 3.84. The molecule has 0 aromatic heterocycles. The Kier molecular flexibility index (Phi) is 2.48. The zero-order valence-corrected chi connectivity index (χ0v) is 9.86. The third kappa shape index (κ3) is 1.54. The molecule has 1 fully saturated rings. The minimum Gasteiger partial charge on any atom is -0.197 e. The van der Waals surface area contributed by atoms with Crippen molar-refractivity contribution in [2.24, 2.45) is 0 Å². The van der Waals surface area contributed by atoms with Crippen LogP contribution in [0.4, 0.5) is 0 Å². The summed E-state index contributed by atoms with van der Waals surface area (Å²) in [5.41, 5.74) is 3.01. The van der Waals surface area contributed by atoms with Crippen molar-refractivity contribution in [2.45, 2.75) is 38.5 Å². The van der Waals surface area contributed by atoms with Crippen LogP contribution in [0.25, 0.3) is 0 Å². The van der Waals surface area contributed by atoms with E-state index in [1.165, 1.54) is 5.56 Å². The van der Waals surface area contributed by atoms with Crippen molar-refractivity contribution in [3.63, 3.8) is 0 Å². The summed E-state index contributed by atoms with van der Waals surface area (Å²) in [5.74, 6) is 0. The van der Waals surface area contributed by atoms with E-state index in [9.17, 15) is 5.26 Å². The van der Waals surface area contributed by atoms with Crippen molar-refractivity contribution in [2.75, 3.05) is 0 Å². The fourth-order valence-corrected chi connectivity index (χ4v) is 2.56. The van der Waals surface area contributed by atoms with Crippen LogP contribution in [-0.2, 0) is 5.41 Å². The largest absolute Gasteiger partial charge is 0.197 e. The summed E-state index contributed by atoms with van der Waals surface area (Å²) in [4.78, 5) is 0. The van der Waals surface area contributed by atoms with Gasteiger partial charge in [0.05, 0.1) is 11.5 Å². The molecule has 0 amide bonds. The summed E-state index contributed by atoms with van der Waals surface area (Å²) in [7, 11) is 0. The van der Waals surface area contributed by atoms with Crippen molar-refractivity contribution in [1.29, 1.82) is 5.26 Å². The first-order valence-electron chi connectivity index (χ1n) is 5.27. The van der Waals surface area contributed by atoms with Crippen molar-refractivity contribution in [3.8, 4) is 6.07 Å². The number of nitrogens with zero attached hydrogens (tertiary/aromatic N) is 1. The normalized spacial score (nSPS) is 18.0. The molecule has 15 heavy (non-hydrogen) atoms. The fraction of sp³-hybridized carbons (Fsp3) is 0.462. The number of hydrogen-bond acceptors (Lipinski definition) is 1. The van der Waals surface area contributed by atoms with Crippen LogP contribution in [0.2, 0.25) is 5.02 Å². The second-order valence-electron chi connectivity index (χ2n) is 4.49. The van der Waals surface area contributed by atoms with E-state index in [2.05, 4.69) is 25.1 Å². The Labute approximate surface area is 95.7 Å². The molecular formula is C13H14ClN. The highest BCUT2D eigenvalue weighted by Crippen LogP contribution is 2.46. The lowest BCUT2D eigenvalue weighted by Crippen LogP contribution is -2.32. The van der Waals surface area contributed by atoms with Crippen molar-refractivity contribution >= 4 is 11.6 Å². The first-order chi connectivity index (χ1) is 7.09. The van der Waals surface area contributed by atoms with E-state index in [0.717, 1.165) is 35.4 Å². The topological polar surface area (TPSA) is 23.8 Å². The second-order valence-corrected chi connectivity index (χ2v) is 4.87. The van der Waals surface area contributed by atoms with Gasteiger partial charge in [-0.05, 0) is 44.2 Å². The van der Waals surface area contributed by atoms with E-state index in [-0.39, 0.29) is 5.41 Å². The molecule has 1 aliphatic rings. The van der Waals surface area contributed by atoms with Gasteiger partial charge in [-0.15, -0.1) is 0 Å². The summed E-state index contributed by atoms with van der Waals surface area (Å²) < 4.78 is 0. The highest BCUT2D eigenvalue weighted by molar-refractivity contribution is 6.32. The van der Waals surface area contributed by atoms with Gasteiger partial charge in [-0.3, -0.25) is 0 Å². The van der Waals surface area contributed by atoms with Gasteiger partial charge in [0.2, 0.25) is 0 Å². The van der Waals surface area contributed by atoms with E-state index < -0.39 is 0 Å². The Morgan fingerprint density at radius 2 is 2.00 bits per heavy atom. The Morgan fingerprint density at radius 3 is 2.47 bits per heavy atom. The standard InChI is InChI=1S/C13H14ClN/c1-9-6-10(2)12(14)11(7-9)13(8-15)4-3-5-13/h6-7H,3-5H2,1-2H3. The molecule has 0 bridgehead atoms. The van der Waals surface area contributed by atoms with Gasteiger partial charge in [-0.1, -0.05) is 29.3 Å². The maximum Gasteiger partial charge on any atom is 0.0837 e. The van der Waals surface area contributed by atoms with Crippen LogP contribution in [0, 0.1) is 25.2 Å². The monoisotopic (exact) mass is 219 g/mol. The van der Waals surface area contributed by atoms with Crippen LogP contribution in [0.3, 0.4) is 0 Å². The molecule has 1 saturated carbocycles. The highest BCUT2D eigenvalue weighted by Gasteiger charge is 2.40. The van der Waals surface area contributed by atoms with Gasteiger partial charge in [0, 0.05) is 5.02 Å². The van der Waals surface area contributed by atoms with Crippen molar-refractivity contribution in [1.82, 2.24) is 0 Å². The van der Waals surface area contributed by atoms with Crippen LogP contribution in [0.1, 0.15) is 36.0 Å². The number of halogens is 1. The van der Waals surface area contributed by atoms with E-state index in [0.29, 0.717) is 0 Å². The first kappa shape index (κ1) is 10.5. The number of nitriles is 1. The van der Waals surface area contributed by atoms with Crippen LogP contribution < -0.4 is 0 Å². The molecule has 2 rings (SSSR count). The molecule has 0 radical (unpaired) electrons. The van der Waals surface area contributed by atoms with Gasteiger partial charge in [-0.25, -0.2) is 0 Å². The molecule has 1 aromatic rings. The molecule has 0 aliphatic heterocycles. The zero-order valence-electron chi connectivity index (χ0n) is 9.10. The molecule has 1 aliphatic carbocycles. The number of benzene rings is 1. The molecule has 0 atom stereocenters. The maximum atomic E-state index is 9.29. The summed E-state index contributed by atoms with van der Waals surface area (Å²) >= 11 is 6.29. The predicted octanol–water partition coefficient (Wildman–Crippen LogP) is 3.90. The number of aryl methyl sites for hydroxylation is 2. The fourth-order valence-electron chi connectivity index (χ4n) is 2.27. The Balaban J connectivity index is 2.57. The highest BCUT2D eigenvalue weighted by atomic mass is 35.5. The van der Waals surface area contributed by atoms with Crippen LogP contribution in [-0.4, -0.2) is 0 Å². The van der Waals surface area contributed by atoms with Gasteiger partial charge in [-0.2, -0.15) is 5.26 Å². The van der Waals surface area contributed by atoms with Gasteiger partial charge in [0.15, 0.2) is 0 Å². The van der Waals surface area contributed by atoms with Gasteiger partial charge >= 0.3 is 0 Å². The van der Waals surface area contributed by atoms with E-state index >= 15 is 0 Å². The number of rotatable bonds is 1. The molecule has 0 unspecified atom stereocenters. The Morgan fingerprint density at radius 1 is 1.33 bits per heavy atom. The second kappa shape index (κ2) is 3.54. The zero-order chi connectivity index (χ0) is 11.1. The summed E-state index contributed by atoms with van der Waals surface area (Å²) in [6.45, 7) is 4.05. The van der Waals surface area contributed by atoms with E-state index in [4.69, 9.17) is 11.6 Å². The minimum absolute atomic E-state index is 0.298. The van der Waals surface area contributed by atoms with Gasteiger partial charge in [0.25, 0.3) is 0 Å². The minimum atomic E-state index is -0.298. The van der Waals surface area contributed by atoms with Crippen LogP contribution >= 0.6 is 11.6 Å². The quantitative estimate of drug-likeness (QED) is 0.703. The van der Waals surface area contributed by atoms with Crippen LogP contribution in [0.15, 0.2) is 12.1 Å². The van der Waals surface area contributed by atoms with Gasteiger partial charge in [0.1, 0.15) is 0 Å². The maximum absolute atomic E-state index is 9.29. The molecule has 1 nitrogen and oxygen atoms in total. The van der Waals surface area contributed by atoms with Crippen molar-refractivity contribution in [3.05, 3.63) is 33.8 Å². The summed E-state index contributed by atoms with van der Waals surface area (Å²) in [6, 6.07) is 6.57. The molecule has 0 saturated heterocycles. The van der Waals surface area contributed by atoms with Crippen LogP contribution in [0.5, 0.6) is 0 Å². The lowest BCUT2D eigenvalue weighted by molar-refractivity contribution is 0.324. The summed E-state index contributed by atoms with van der Waals surface area (Å²) in [6.07, 6.45) is 3.04. The lowest BCUT2D eigenvalue weighted by Gasteiger charge is -2.36. The smallest absolute Gasteiger partial charge is 0.0837 e. The third-order valence-electron chi connectivity index (χ3n) is 3.34. The Hall–Kier alpha value is -1.00.